The van der Waals surface area contributed by atoms with Gasteiger partial charge in [0.05, 0.1) is 18.9 Å². The summed E-state index contributed by atoms with van der Waals surface area (Å²) < 4.78 is 11.2. The van der Waals surface area contributed by atoms with Crippen LogP contribution in [0.25, 0.3) is 0 Å². The number of anilines is 1. The van der Waals surface area contributed by atoms with Crippen molar-refractivity contribution in [1.82, 2.24) is 4.90 Å². The van der Waals surface area contributed by atoms with Crippen molar-refractivity contribution >= 4 is 5.69 Å². The molecule has 0 aromatic heterocycles. The van der Waals surface area contributed by atoms with Crippen molar-refractivity contribution in [3.05, 3.63) is 18.2 Å². The first-order valence-corrected chi connectivity index (χ1v) is 8.19. The van der Waals surface area contributed by atoms with E-state index in [-0.39, 0.29) is 0 Å². The highest BCUT2D eigenvalue weighted by Crippen LogP contribution is 2.29. The minimum Gasteiger partial charge on any atom is -0.494 e. The SMILES string of the molecule is CCOc1ccc(OCC)c(NCCCN2CCCC2)c1. The Labute approximate surface area is 128 Å². The third-order valence-electron chi connectivity index (χ3n) is 3.73. The Bertz CT molecular complexity index is 417. The summed E-state index contributed by atoms with van der Waals surface area (Å²) in [7, 11) is 0. The summed E-state index contributed by atoms with van der Waals surface area (Å²) in [6.07, 6.45) is 3.88. The summed E-state index contributed by atoms with van der Waals surface area (Å²) in [4.78, 5) is 2.54. The van der Waals surface area contributed by atoms with Crippen molar-refractivity contribution in [1.29, 1.82) is 0 Å². The standard InChI is InChI=1S/C17H28N2O2/c1-3-20-15-8-9-17(21-4-2)16(14-15)18-10-7-13-19-11-5-6-12-19/h8-9,14,18H,3-7,10-13H2,1-2H3. The molecule has 2 rings (SSSR count). The maximum atomic E-state index is 5.67. The highest BCUT2D eigenvalue weighted by atomic mass is 16.5. The van der Waals surface area contributed by atoms with Gasteiger partial charge in [0.15, 0.2) is 0 Å². The zero-order valence-corrected chi connectivity index (χ0v) is 13.4. The third-order valence-corrected chi connectivity index (χ3v) is 3.73. The van der Waals surface area contributed by atoms with E-state index in [0.29, 0.717) is 13.2 Å². The quantitative estimate of drug-likeness (QED) is 0.707. The first-order valence-electron chi connectivity index (χ1n) is 8.19. The Balaban J connectivity index is 1.84. The average molecular weight is 292 g/mol. The number of nitrogens with one attached hydrogen (secondary N) is 1. The number of hydrogen-bond donors (Lipinski definition) is 1. The van der Waals surface area contributed by atoms with Gasteiger partial charge in [-0.05, 0) is 64.9 Å². The van der Waals surface area contributed by atoms with Crippen LogP contribution >= 0.6 is 0 Å². The molecular formula is C17H28N2O2. The first-order chi connectivity index (χ1) is 10.3. The van der Waals surface area contributed by atoms with Crippen LogP contribution in [0, 0.1) is 0 Å². The second kappa shape index (κ2) is 8.78. The third kappa shape index (κ3) is 5.12. The van der Waals surface area contributed by atoms with Gasteiger partial charge in [-0.15, -0.1) is 0 Å². The fourth-order valence-electron chi connectivity index (χ4n) is 2.72. The molecule has 0 unspecified atom stereocenters. The van der Waals surface area contributed by atoms with Gasteiger partial charge >= 0.3 is 0 Å². The van der Waals surface area contributed by atoms with Gasteiger partial charge in [-0.3, -0.25) is 0 Å². The van der Waals surface area contributed by atoms with Gasteiger partial charge in [0, 0.05) is 12.6 Å². The minimum absolute atomic E-state index is 0.677. The van der Waals surface area contributed by atoms with Crippen LogP contribution in [0.5, 0.6) is 11.5 Å². The van der Waals surface area contributed by atoms with E-state index in [2.05, 4.69) is 10.2 Å². The van der Waals surface area contributed by atoms with E-state index in [1.54, 1.807) is 0 Å². The van der Waals surface area contributed by atoms with Crippen LogP contribution in [-0.4, -0.2) is 44.3 Å². The van der Waals surface area contributed by atoms with Gasteiger partial charge in [0.25, 0.3) is 0 Å². The zero-order valence-electron chi connectivity index (χ0n) is 13.4. The lowest BCUT2D eigenvalue weighted by molar-refractivity contribution is 0.330. The number of likely N-dealkylation sites (tertiary alicyclic amines) is 1. The van der Waals surface area contributed by atoms with E-state index in [4.69, 9.17) is 9.47 Å². The van der Waals surface area contributed by atoms with E-state index in [1.807, 2.05) is 32.0 Å². The summed E-state index contributed by atoms with van der Waals surface area (Å²) in [6, 6.07) is 5.98. The minimum atomic E-state index is 0.677. The monoisotopic (exact) mass is 292 g/mol. The van der Waals surface area contributed by atoms with Gasteiger partial charge in [-0.25, -0.2) is 0 Å². The van der Waals surface area contributed by atoms with Crippen molar-refractivity contribution in [3.8, 4) is 11.5 Å². The molecule has 4 nitrogen and oxygen atoms in total. The lowest BCUT2D eigenvalue weighted by Crippen LogP contribution is -2.22. The van der Waals surface area contributed by atoms with Crippen LogP contribution in [0.1, 0.15) is 33.1 Å². The maximum Gasteiger partial charge on any atom is 0.142 e. The summed E-state index contributed by atoms with van der Waals surface area (Å²) in [6.45, 7) is 10.0. The molecule has 1 fully saturated rings. The zero-order chi connectivity index (χ0) is 14.9. The Morgan fingerprint density at radius 2 is 1.86 bits per heavy atom. The molecule has 21 heavy (non-hydrogen) atoms. The predicted octanol–water partition coefficient (Wildman–Crippen LogP) is 3.38. The molecule has 1 N–H and O–H groups in total. The van der Waals surface area contributed by atoms with E-state index in [1.165, 1.54) is 32.5 Å². The van der Waals surface area contributed by atoms with Crippen molar-refractivity contribution in [2.75, 3.05) is 44.7 Å². The molecule has 0 amide bonds. The summed E-state index contributed by atoms with van der Waals surface area (Å²) >= 11 is 0. The van der Waals surface area contributed by atoms with E-state index < -0.39 is 0 Å². The van der Waals surface area contributed by atoms with Gasteiger partial charge < -0.3 is 19.7 Å². The Kier molecular flexibility index (Phi) is 6.67. The second-order valence-corrected chi connectivity index (χ2v) is 5.35. The van der Waals surface area contributed by atoms with E-state index in [9.17, 15) is 0 Å². The summed E-state index contributed by atoms with van der Waals surface area (Å²) in [5.74, 6) is 1.80. The predicted molar refractivity (Wildman–Crippen MR) is 87.6 cm³/mol. The Hall–Kier alpha value is -1.42. The highest BCUT2D eigenvalue weighted by Gasteiger charge is 2.10. The lowest BCUT2D eigenvalue weighted by atomic mass is 10.2. The average Bonchev–Trinajstić information content (AvgIpc) is 3.00. The number of rotatable bonds is 9. The molecule has 1 aromatic rings. The summed E-state index contributed by atoms with van der Waals surface area (Å²) in [5.41, 5.74) is 1.03. The van der Waals surface area contributed by atoms with Crippen molar-refractivity contribution in [3.63, 3.8) is 0 Å². The van der Waals surface area contributed by atoms with Crippen LogP contribution in [0.2, 0.25) is 0 Å². The molecule has 0 spiro atoms. The molecule has 118 valence electrons. The fraction of sp³-hybridized carbons (Fsp3) is 0.647. The number of nitrogens with zero attached hydrogens (tertiary/aromatic N) is 1. The number of benzene rings is 1. The fourth-order valence-corrected chi connectivity index (χ4v) is 2.72. The first kappa shape index (κ1) is 16.0. The molecule has 1 aromatic carbocycles. The Morgan fingerprint density at radius 1 is 1.10 bits per heavy atom. The molecule has 0 radical (unpaired) electrons. The molecule has 0 atom stereocenters. The topological polar surface area (TPSA) is 33.7 Å². The van der Waals surface area contributed by atoms with Crippen LogP contribution in [-0.2, 0) is 0 Å². The van der Waals surface area contributed by atoms with Crippen molar-refractivity contribution < 1.29 is 9.47 Å². The van der Waals surface area contributed by atoms with Crippen molar-refractivity contribution in [2.24, 2.45) is 0 Å². The molecule has 0 saturated carbocycles. The largest absolute Gasteiger partial charge is 0.494 e. The number of ether oxygens (including phenoxy) is 2. The second-order valence-electron chi connectivity index (χ2n) is 5.35. The summed E-state index contributed by atoms with van der Waals surface area (Å²) in [5, 5.41) is 3.49. The number of hydrogen-bond acceptors (Lipinski definition) is 4. The van der Waals surface area contributed by atoms with E-state index in [0.717, 1.165) is 30.2 Å². The van der Waals surface area contributed by atoms with Crippen LogP contribution in [0.3, 0.4) is 0 Å². The van der Waals surface area contributed by atoms with Gasteiger partial charge in [0.2, 0.25) is 0 Å². The molecule has 1 saturated heterocycles. The highest BCUT2D eigenvalue weighted by molar-refractivity contribution is 5.59. The molecule has 1 heterocycles. The molecule has 4 heteroatoms. The molecular weight excluding hydrogens is 264 g/mol. The molecule has 0 bridgehead atoms. The molecule has 1 aliphatic rings. The van der Waals surface area contributed by atoms with Crippen molar-refractivity contribution in [2.45, 2.75) is 33.1 Å². The van der Waals surface area contributed by atoms with Gasteiger partial charge in [-0.1, -0.05) is 0 Å². The van der Waals surface area contributed by atoms with Crippen LogP contribution < -0.4 is 14.8 Å². The van der Waals surface area contributed by atoms with Crippen LogP contribution in [0.15, 0.2) is 18.2 Å². The maximum absolute atomic E-state index is 5.67. The lowest BCUT2D eigenvalue weighted by Gasteiger charge is -2.16. The Morgan fingerprint density at radius 3 is 2.57 bits per heavy atom. The van der Waals surface area contributed by atoms with Gasteiger partial charge in [0.1, 0.15) is 11.5 Å². The normalized spacial score (nSPS) is 15.1. The van der Waals surface area contributed by atoms with Crippen LogP contribution in [0.4, 0.5) is 5.69 Å². The van der Waals surface area contributed by atoms with Gasteiger partial charge in [-0.2, -0.15) is 0 Å². The van der Waals surface area contributed by atoms with E-state index >= 15 is 0 Å². The molecule has 1 aliphatic heterocycles. The smallest absolute Gasteiger partial charge is 0.142 e. The molecule has 0 aliphatic carbocycles.